The molecule has 1 N–H and O–H groups in total. The minimum absolute atomic E-state index is 0.113. The van der Waals surface area contributed by atoms with Gasteiger partial charge in [0, 0.05) is 24.7 Å². The quantitative estimate of drug-likeness (QED) is 0.826. The number of rotatable bonds is 3. The number of nitrogens with zero attached hydrogens (tertiary/aromatic N) is 3. The molecule has 0 radical (unpaired) electrons. The number of thiazole rings is 1. The molecule has 4 unspecified atom stereocenters. The Bertz CT molecular complexity index is 740. The van der Waals surface area contributed by atoms with Crippen LogP contribution in [0.3, 0.4) is 0 Å². The number of hydrogen-bond acceptors (Lipinski definition) is 6. The van der Waals surface area contributed by atoms with E-state index in [2.05, 4.69) is 20.4 Å². The Morgan fingerprint density at radius 2 is 2.12 bits per heavy atom. The highest BCUT2D eigenvalue weighted by molar-refractivity contribution is 7.17. The first-order chi connectivity index (χ1) is 12.7. The number of carbonyl (C=O) groups is 1. The van der Waals surface area contributed by atoms with Crippen molar-refractivity contribution in [3.05, 3.63) is 10.6 Å². The molecule has 4 fully saturated rings. The molecule has 3 saturated carbocycles. The van der Waals surface area contributed by atoms with Gasteiger partial charge < -0.3 is 9.64 Å². The maximum Gasteiger partial charge on any atom is 0.283 e. The predicted octanol–water partition coefficient (Wildman–Crippen LogP) is 2.83. The molecule has 1 aromatic rings. The molecule has 2 heterocycles. The number of carbonyl (C=O) groups excluding carboxylic acids is 1. The van der Waals surface area contributed by atoms with Crippen LogP contribution in [0, 0.1) is 30.6 Å². The summed E-state index contributed by atoms with van der Waals surface area (Å²) in [6.45, 7) is 5.02. The van der Waals surface area contributed by atoms with E-state index in [0.29, 0.717) is 10.8 Å². The summed E-state index contributed by atoms with van der Waals surface area (Å²) >= 11 is 1.47. The first-order valence-corrected chi connectivity index (χ1v) is 10.7. The van der Waals surface area contributed by atoms with Crippen LogP contribution in [0.5, 0.6) is 0 Å². The zero-order valence-electron chi connectivity index (χ0n) is 15.2. The number of amides is 1. The molecule has 0 aromatic carbocycles. The van der Waals surface area contributed by atoms with Crippen LogP contribution in [0.1, 0.15) is 47.5 Å². The van der Waals surface area contributed by atoms with E-state index in [1.807, 2.05) is 6.92 Å². The highest BCUT2D eigenvalue weighted by atomic mass is 32.1. The molecule has 0 spiro atoms. The van der Waals surface area contributed by atoms with Crippen molar-refractivity contribution in [3.63, 3.8) is 0 Å². The smallest absolute Gasteiger partial charge is 0.283 e. The van der Waals surface area contributed by atoms with E-state index in [1.165, 1.54) is 42.7 Å². The van der Waals surface area contributed by atoms with Gasteiger partial charge in [0.2, 0.25) is 0 Å². The molecule has 7 heteroatoms. The van der Waals surface area contributed by atoms with Gasteiger partial charge >= 0.3 is 0 Å². The van der Waals surface area contributed by atoms with E-state index in [1.54, 1.807) is 0 Å². The lowest BCUT2D eigenvalue weighted by Gasteiger charge is -2.26. The van der Waals surface area contributed by atoms with E-state index in [-0.39, 0.29) is 5.91 Å². The Labute approximate surface area is 158 Å². The van der Waals surface area contributed by atoms with E-state index in [9.17, 15) is 4.79 Å². The van der Waals surface area contributed by atoms with Crippen molar-refractivity contribution in [3.8, 4) is 0 Å². The summed E-state index contributed by atoms with van der Waals surface area (Å²) < 4.78 is 5.39. The average molecular weight is 375 g/mol. The third-order valence-electron chi connectivity index (χ3n) is 6.78. The number of hydrogen-bond donors (Lipinski definition) is 1. The topological polar surface area (TPSA) is 66.8 Å². The van der Waals surface area contributed by atoms with Crippen LogP contribution in [-0.2, 0) is 4.74 Å². The number of fused-ring (bicyclic) bond motifs is 5. The lowest BCUT2D eigenvalue weighted by molar-refractivity contribution is 0.0957. The van der Waals surface area contributed by atoms with E-state index in [0.717, 1.165) is 61.3 Å². The van der Waals surface area contributed by atoms with Gasteiger partial charge in [0.1, 0.15) is 4.88 Å². The van der Waals surface area contributed by atoms with Crippen molar-refractivity contribution < 1.29 is 9.53 Å². The standard InChI is InChI=1S/C19H26N4O2S/c1-11-17(26-19(20-11)23-5-7-25-8-6-23)18(24)22-21-16-10-12-9-15(16)14-4-2-3-13(12)14/h12-15H,2-10H2,1H3,(H,22,24)/b21-16+. The van der Waals surface area contributed by atoms with Gasteiger partial charge in [0.25, 0.3) is 5.91 Å². The Morgan fingerprint density at radius 1 is 1.31 bits per heavy atom. The van der Waals surface area contributed by atoms with Gasteiger partial charge in [0.15, 0.2) is 5.13 Å². The minimum Gasteiger partial charge on any atom is -0.378 e. The molecular formula is C19H26N4O2S. The Balaban J connectivity index is 1.27. The summed E-state index contributed by atoms with van der Waals surface area (Å²) in [7, 11) is 0. The van der Waals surface area contributed by atoms with Gasteiger partial charge in [-0.3, -0.25) is 4.79 Å². The van der Waals surface area contributed by atoms with Crippen LogP contribution in [0.2, 0.25) is 0 Å². The van der Waals surface area contributed by atoms with Crippen molar-refractivity contribution in [2.24, 2.45) is 28.8 Å². The average Bonchev–Trinajstić information content (AvgIpc) is 3.41. The Morgan fingerprint density at radius 3 is 2.96 bits per heavy atom. The molecule has 26 heavy (non-hydrogen) atoms. The normalized spacial score (nSPS) is 34.5. The van der Waals surface area contributed by atoms with Crippen LogP contribution in [0.25, 0.3) is 0 Å². The number of anilines is 1. The van der Waals surface area contributed by atoms with Crippen molar-refractivity contribution in [1.29, 1.82) is 0 Å². The molecule has 5 rings (SSSR count). The molecular weight excluding hydrogens is 348 g/mol. The molecule has 1 amide bonds. The second-order valence-electron chi connectivity index (χ2n) is 8.12. The third kappa shape index (κ3) is 2.76. The summed E-state index contributed by atoms with van der Waals surface area (Å²) in [6, 6.07) is 0. The number of hydrazone groups is 1. The highest BCUT2D eigenvalue weighted by Crippen LogP contribution is 2.57. The van der Waals surface area contributed by atoms with Gasteiger partial charge in [-0.25, -0.2) is 10.4 Å². The Kier molecular flexibility index (Phi) is 4.24. The molecule has 4 aliphatic rings. The zero-order valence-corrected chi connectivity index (χ0v) is 16.1. The lowest BCUT2D eigenvalue weighted by Crippen LogP contribution is -2.36. The van der Waals surface area contributed by atoms with Crippen molar-refractivity contribution in [1.82, 2.24) is 10.4 Å². The third-order valence-corrected chi connectivity index (χ3v) is 7.99. The Hall–Kier alpha value is -1.47. The first-order valence-electron chi connectivity index (χ1n) is 9.87. The lowest BCUT2D eigenvalue weighted by atomic mass is 9.81. The van der Waals surface area contributed by atoms with Gasteiger partial charge in [0.05, 0.1) is 18.9 Å². The molecule has 1 saturated heterocycles. The van der Waals surface area contributed by atoms with Gasteiger partial charge in [-0.15, -0.1) is 0 Å². The van der Waals surface area contributed by atoms with E-state index >= 15 is 0 Å². The second-order valence-corrected chi connectivity index (χ2v) is 9.10. The maximum absolute atomic E-state index is 12.7. The predicted molar refractivity (Wildman–Crippen MR) is 102 cm³/mol. The van der Waals surface area contributed by atoms with Gasteiger partial charge in [-0.05, 0) is 50.4 Å². The summed E-state index contributed by atoms with van der Waals surface area (Å²) in [5.74, 6) is 3.11. The number of aryl methyl sites for hydroxylation is 1. The SMILES string of the molecule is Cc1nc(N2CCOCC2)sc1C(=O)N/N=C1\CC2CC1C1CCCC21. The maximum atomic E-state index is 12.7. The van der Waals surface area contributed by atoms with Crippen LogP contribution in [0.4, 0.5) is 5.13 Å². The monoisotopic (exact) mass is 374 g/mol. The minimum atomic E-state index is -0.113. The molecule has 140 valence electrons. The fraction of sp³-hybridized carbons (Fsp3) is 0.737. The van der Waals surface area contributed by atoms with Crippen molar-refractivity contribution in [2.45, 2.75) is 39.0 Å². The number of morpholine rings is 1. The van der Waals surface area contributed by atoms with Crippen molar-refractivity contribution >= 4 is 28.1 Å². The summed E-state index contributed by atoms with van der Waals surface area (Å²) in [4.78, 5) is 20.1. The number of nitrogens with one attached hydrogen (secondary N) is 1. The van der Waals surface area contributed by atoms with Crippen LogP contribution < -0.4 is 10.3 Å². The molecule has 3 aliphatic carbocycles. The summed E-state index contributed by atoms with van der Waals surface area (Å²) in [5, 5.41) is 5.48. The summed E-state index contributed by atoms with van der Waals surface area (Å²) in [5.41, 5.74) is 4.87. The molecule has 1 aliphatic heterocycles. The van der Waals surface area contributed by atoms with Crippen LogP contribution >= 0.6 is 11.3 Å². The largest absolute Gasteiger partial charge is 0.378 e. The van der Waals surface area contributed by atoms with Gasteiger partial charge in [-0.2, -0.15) is 5.10 Å². The van der Waals surface area contributed by atoms with E-state index in [4.69, 9.17) is 4.74 Å². The molecule has 6 nitrogen and oxygen atoms in total. The highest BCUT2D eigenvalue weighted by Gasteiger charge is 2.52. The van der Waals surface area contributed by atoms with Gasteiger partial charge in [-0.1, -0.05) is 17.8 Å². The zero-order chi connectivity index (χ0) is 17.7. The fourth-order valence-corrected chi connectivity index (χ4v) is 6.61. The summed E-state index contributed by atoms with van der Waals surface area (Å²) in [6.07, 6.45) is 6.54. The number of aromatic nitrogens is 1. The van der Waals surface area contributed by atoms with Crippen LogP contribution in [0.15, 0.2) is 5.10 Å². The van der Waals surface area contributed by atoms with Crippen LogP contribution in [-0.4, -0.2) is 42.9 Å². The fourth-order valence-electron chi connectivity index (χ4n) is 5.60. The first kappa shape index (κ1) is 16.7. The second kappa shape index (κ2) is 6.60. The number of ether oxygens (including phenoxy) is 1. The molecule has 4 atom stereocenters. The molecule has 1 aromatic heterocycles. The van der Waals surface area contributed by atoms with E-state index < -0.39 is 0 Å². The van der Waals surface area contributed by atoms with Crippen molar-refractivity contribution in [2.75, 3.05) is 31.2 Å². The molecule has 2 bridgehead atoms.